The van der Waals surface area contributed by atoms with Gasteiger partial charge in [-0.05, 0) is 67.7 Å². The molecule has 0 saturated carbocycles. The van der Waals surface area contributed by atoms with Crippen LogP contribution in [0.4, 0.5) is 5.69 Å². The number of aromatic nitrogens is 3. The maximum Gasteiger partial charge on any atom is 0.278 e. The van der Waals surface area contributed by atoms with Crippen molar-refractivity contribution in [2.45, 2.75) is 58.3 Å². The van der Waals surface area contributed by atoms with Gasteiger partial charge in [0.15, 0.2) is 5.16 Å². The molecule has 0 fully saturated rings. The number of nitrogens with zero attached hydrogens (tertiary/aromatic N) is 3. The number of carbonyl (C=O) groups is 1. The van der Waals surface area contributed by atoms with E-state index in [1.165, 1.54) is 29.3 Å². The summed E-state index contributed by atoms with van der Waals surface area (Å²) >= 11 is 1.47. The number of hydrogen-bond acceptors (Lipinski definition) is 4. The van der Waals surface area contributed by atoms with E-state index in [0.717, 1.165) is 24.2 Å². The van der Waals surface area contributed by atoms with Gasteiger partial charge in [-0.2, -0.15) is 0 Å². The quantitative estimate of drug-likeness (QED) is 0.479. The van der Waals surface area contributed by atoms with Crippen LogP contribution in [0.1, 0.15) is 37.1 Å². The van der Waals surface area contributed by atoms with E-state index in [9.17, 15) is 9.59 Å². The Hall–Kier alpha value is -2.54. The number of carbonyl (C=O) groups excluding carboxylic acids is 1. The number of aryl methyl sites for hydroxylation is 3. The Morgan fingerprint density at radius 2 is 1.97 bits per heavy atom. The second-order valence-electron chi connectivity index (χ2n) is 8.40. The first-order chi connectivity index (χ1) is 14.4. The van der Waals surface area contributed by atoms with E-state index in [1.807, 2.05) is 25.3 Å². The number of nitrogens with one attached hydrogen (secondary N) is 1. The van der Waals surface area contributed by atoms with E-state index in [1.54, 1.807) is 9.13 Å². The van der Waals surface area contributed by atoms with Gasteiger partial charge in [-0.1, -0.05) is 31.7 Å². The summed E-state index contributed by atoms with van der Waals surface area (Å²) < 4.78 is 3.51. The molecule has 3 aromatic rings. The lowest BCUT2D eigenvalue weighted by molar-refractivity contribution is -0.116. The lowest BCUT2D eigenvalue weighted by Crippen LogP contribution is -2.28. The highest BCUT2D eigenvalue weighted by Gasteiger charge is 2.19. The molecule has 30 heavy (non-hydrogen) atoms. The first-order valence-corrected chi connectivity index (χ1v) is 11.7. The average Bonchev–Trinajstić information content (AvgIpc) is 3.27. The summed E-state index contributed by atoms with van der Waals surface area (Å²) in [5.41, 5.74) is 5.42. The van der Waals surface area contributed by atoms with Gasteiger partial charge in [0.1, 0.15) is 12.1 Å². The summed E-state index contributed by atoms with van der Waals surface area (Å²) in [4.78, 5) is 30.8. The van der Waals surface area contributed by atoms with Crippen molar-refractivity contribution in [2.24, 2.45) is 5.92 Å². The summed E-state index contributed by atoms with van der Waals surface area (Å²) in [5.74, 6) is 0.178. The first kappa shape index (κ1) is 20.7. The molecule has 2 heterocycles. The van der Waals surface area contributed by atoms with Crippen LogP contribution < -0.4 is 10.9 Å². The fraction of sp³-hybridized carbons (Fsp3) is 0.435. The van der Waals surface area contributed by atoms with Crippen LogP contribution in [-0.2, 0) is 30.7 Å². The normalized spacial score (nSPS) is 13.2. The number of rotatable bonds is 6. The van der Waals surface area contributed by atoms with Crippen molar-refractivity contribution in [2.75, 3.05) is 11.6 Å². The number of anilines is 1. The Morgan fingerprint density at radius 1 is 1.20 bits per heavy atom. The number of amides is 1. The lowest BCUT2D eigenvalue weighted by atomic mass is 10.1. The second kappa shape index (κ2) is 8.30. The average molecular weight is 425 g/mol. The molecule has 1 aliphatic rings. The van der Waals surface area contributed by atoms with Gasteiger partial charge < -0.3 is 9.88 Å². The highest BCUT2D eigenvalue weighted by atomic mass is 32.2. The monoisotopic (exact) mass is 424 g/mol. The fourth-order valence-corrected chi connectivity index (χ4v) is 4.79. The topological polar surface area (TPSA) is 68.9 Å². The van der Waals surface area contributed by atoms with Gasteiger partial charge in [0.05, 0.1) is 5.52 Å². The molecule has 7 heteroatoms. The van der Waals surface area contributed by atoms with Gasteiger partial charge in [0.2, 0.25) is 5.91 Å². The summed E-state index contributed by atoms with van der Waals surface area (Å²) in [5, 5.41) is 3.71. The van der Waals surface area contributed by atoms with Gasteiger partial charge in [0.25, 0.3) is 5.56 Å². The molecule has 0 saturated heterocycles. The molecule has 0 aliphatic heterocycles. The molecule has 4 rings (SSSR count). The van der Waals surface area contributed by atoms with E-state index in [4.69, 9.17) is 4.98 Å². The molecule has 1 amide bonds. The van der Waals surface area contributed by atoms with E-state index in [2.05, 4.69) is 31.3 Å². The van der Waals surface area contributed by atoms with Gasteiger partial charge in [-0.25, -0.2) is 4.98 Å². The fourth-order valence-electron chi connectivity index (χ4n) is 4.23. The van der Waals surface area contributed by atoms with Crippen LogP contribution in [-0.4, -0.2) is 26.3 Å². The Kier molecular flexibility index (Phi) is 5.73. The largest absolute Gasteiger partial charge is 0.330 e. The van der Waals surface area contributed by atoms with Crippen LogP contribution in [0.3, 0.4) is 0 Å². The van der Waals surface area contributed by atoms with Crippen molar-refractivity contribution >= 4 is 34.4 Å². The van der Waals surface area contributed by atoms with Gasteiger partial charge in [0, 0.05) is 17.9 Å². The minimum Gasteiger partial charge on any atom is -0.330 e. The molecule has 1 aliphatic carbocycles. The molecule has 0 spiro atoms. The van der Waals surface area contributed by atoms with Crippen LogP contribution in [0, 0.1) is 12.8 Å². The van der Waals surface area contributed by atoms with Gasteiger partial charge in [-0.15, -0.1) is 0 Å². The number of fused-ring (bicyclic) bond motifs is 2. The third kappa shape index (κ3) is 3.90. The maximum atomic E-state index is 13.3. The summed E-state index contributed by atoms with van der Waals surface area (Å²) in [7, 11) is 0. The minimum absolute atomic E-state index is 0.0866. The van der Waals surface area contributed by atoms with Crippen LogP contribution in [0.5, 0.6) is 0 Å². The van der Waals surface area contributed by atoms with Crippen molar-refractivity contribution in [1.29, 1.82) is 0 Å². The molecule has 2 aromatic heterocycles. The van der Waals surface area contributed by atoms with Crippen molar-refractivity contribution in [3.05, 3.63) is 51.4 Å². The molecule has 1 N–H and O–H groups in total. The SMILES string of the molecule is CSc1nc2cc(C)n(CC(=O)Nc3ccc4c(c3)CCC4)c2c(=O)n1CC(C)C. The van der Waals surface area contributed by atoms with Crippen LogP contribution in [0.15, 0.2) is 34.2 Å². The predicted molar refractivity (Wildman–Crippen MR) is 122 cm³/mol. The highest BCUT2D eigenvalue weighted by Crippen LogP contribution is 2.25. The predicted octanol–water partition coefficient (Wildman–Crippen LogP) is 4.01. The zero-order valence-corrected chi connectivity index (χ0v) is 18.8. The Balaban J connectivity index is 1.65. The van der Waals surface area contributed by atoms with Crippen molar-refractivity contribution < 1.29 is 4.79 Å². The molecular formula is C23H28N4O2S. The Bertz CT molecular complexity index is 1180. The number of benzene rings is 1. The molecule has 0 radical (unpaired) electrons. The minimum atomic E-state index is -0.141. The third-order valence-electron chi connectivity index (χ3n) is 5.59. The molecule has 1 aromatic carbocycles. The molecule has 0 bridgehead atoms. The van der Waals surface area contributed by atoms with E-state index < -0.39 is 0 Å². The zero-order valence-electron chi connectivity index (χ0n) is 18.0. The first-order valence-electron chi connectivity index (χ1n) is 10.4. The van der Waals surface area contributed by atoms with E-state index >= 15 is 0 Å². The van der Waals surface area contributed by atoms with Crippen LogP contribution in [0.2, 0.25) is 0 Å². The Labute approximate surface area is 180 Å². The van der Waals surface area contributed by atoms with E-state index in [0.29, 0.717) is 28.7 Å². The smallest absolute Gasteiger partial charge is 0.278 e. The molecular weight excluding hydrogens is 396 g/mol. The summed E-state index contributed by atoms with van der Waals surface area (Å²) in [6.45, 7) is 6.76. The summed E-state index contributed by atoms with van der Waals surface area (Å²) in [6, 6.07) is 8.03. The maximum absolute atomic E-state index is 13.3. The van der Waals surface area contributed by atoms with Gasteiger partial charge in [-0.3, -0.25) is 14.2 Å². The number of thioether (sulfide) groups is 1. The van der Waals surface area contributed by atoms with E-state index in [-0.39, 0.29) is 18.0 Å². The summed E-state index contributed by atoms with van der Waals surface area (Å²) in [6.07, 6.45) is 5.29. The molecule has 0 unspecified atom stereocenters. The lowest BCUT2D eigenvalue weighted by Gasteiger charge is -2.14. The molecule has 158 valence electrons. The second-order valence-corrected chi connectivity index (χ2v) is 9.17. The van der Waals surface area contributed by atoms with Crippen molar-refractivity contribution in [3.8, 4) is 0 Å². The van der Waals surface area contributed by atoms with Crippen molar-refractivity contribution in [3.63, 3.8) is 0 Å². The molecule has 6 nitrogen and oxygen atoms in total. The highest BCUT2D eigenvalue weighted by molar-refractivity contribution is 7.98. The Morgan fingerprint density at radius 3 is 2.70 bits per heavy atom. The standard InChI is InChI=1S/C23H28N4O2S/c1-14(2)12-27-22(29)21-19(25-23(27)30-4)10-15(3)26(21)13-20(28)24-18-9-8-16-6-5-7-17(16)11-18/h8-11,14H,5-7,12-13H2,1-4H3,(H,24,28). The third-order valence-corrected chi connectivity index (χ3v) is 6.27. The molecule has 0 atom stereocenters. The van der Waals surface area contributed by atoms with Crippen LogP contribution in [0.25, 0.3) is 11.0 Å². The van der Waals surface area contributed by atoms with Crippen LogP contribution >= 0.6 is 11.8 Å². The number of hydrogen-bond donors (Lipinski definition) is 1. The zero-order chi connectivity index (χ0) is 21.4. The van der Waals surface area contributed by atoms with Gasteiger partial charge >= 0.3 is 0 Å². The van der Waals surface area contributed by atoms with Crippen molar-refractivity contribution in [1.82, 2.24) is 14.1 Å².